The topological polar surface area (TPSA) is 72.2 Å². The molecule has 2 aromatic rings. The number of nitro groups is 1. The SMILES string of the molecule is Cc1ccccc1CNC(=O)c1cccc([N+](=O)[O-])c1C. The molecule has 0 heterocycles. The van der Waals surface area contributed by atoms with Gasteiger partial charge in [-0.25, -0.2) is 0 Å². The Labute approximate surface area is 122 Å². The van der Waals surface area contributed by atoms with Crippen molar-refractivity contribution in [1.82, 2.24) is 5.32 Å². The molecule has 0 saturated heterocycles. The summed E-state index contributed by atoms with van der Waals surface area (Å²) in [7, 11) is 0. The number of amides is 1. The van der Waals surface area contributed by atoms with E-state index in [1.54, 1.807) is 13.0 Å². The summed E-state index contributed by atoms with van der Waals surface area (Å²) in [4.78, 5) is 22.6. The maximum absolute atomic E-state index is 12.2. The molecule has 1 N–H and O–H groups in total. The van der Waals surface area contributed by atoms with Crippen LogP contribution in [0.1, 0.15) is 27.0 Å². The van der Waals surface area contributed by atoms with E-state index < -0.39 is 4.92 Å². The van der Waals surface area contributed by atoms with E-state index in [9.17, 15) is 14.9 Å². The van der Waals surface area contributed by atoms with Gasteiger partial charge in [0.15, 0.2) is 0 Å². The Balaban J connectivity index is 2.16. The lowest BCUT2D eigenvalue weighted by molar-refractivity contribution is -0.385. The van der Waals surface area contributed by atoms with Gasteiger partial charge in [-0.1, -0.05) is 30.3 Å². The summed E-state index contributed by atoms with van der Waals surface area (Å²) in [5, 5.41) is 13.7. The molecule has 5 heteroatoms. The van der Waals surface area contributed by atoms with Crippen molar-refractivity contribution in [2.45, 2.75) is 20.4 Å². The number of rotatable bonds is 4. The van der Waals surface area contributed by atoms with Crippen molar-refractivity contribution < 1.29 is 9.72 Å². The lowest BCUT2D eigenvalue weighted by Crippen LogP contribution is -2.24. The van der Waals surface area contributed by atoms with Crippen LogP contribution in [0.4, 0.5) is 5.69 Å². The molecule has 21 heavy (non-hydrogen) atoms. The third kappa shape index (κ3) is 3.25. The largest absolute Gasteiger partial charge is 0.348 e. The number of aryl methyl sites for hydroxylation is 1. The molecule has 1 amide bonds. The quantitative estimate of drug-likeness (QED) is 0.692. The van der Waals surface area contributed by atoms with Gasteiger partial charge < -0.3 is 5.32 Å². The smallest absolute Gasteiger partial charge is 0.273 e. The molecule has 5 nitrogen and oxygen atoms in total. The molecule has 0 unspecified atom stereocenters. The summed E-state index contributed by atoms with van der Waals surface area (Å²) in [5.41, 5.74) is 2.78. The van der Waals surface area contributed by atoms with Crippen LogP contribution in [0, 0.1) is 24.0 Å². The zero-order valence-corrected chi connectivity index (χ0v) is 11.9. The molecule has 2 rings (SSSR count). The van der Waals surface area contributed by atoms with Crippen molar-refractivity contribution >= 4 is 11.6 Å². The zero-order chi connectivity index (χ0) is 15.4. The minimum absolute atomic E-state index is 0.0430. The van der Waals surface area contributed by atoms with Crippen LogP contribution >= 0.6 is 0 Å². The number of hydrogen-bond donors (Lipinski definition) is 1. The van der Waals surface area contributed by atoms with Gasteiger partial charge >= 0.3 is 0 Å². The molecule has 0 bridgehead atoms. The van der Waals surface area contributed by atoms with Crippen LogP contribution in [0.3, 0.4) is 0 Å². The van der Waals surface area contributed by atoms with Crippen LogP contribution in [-0.4, -0.2) is 10.8 Å². The normalized spacial score (nSPS) is 10.2. The van der Waals surface area contributed by atoms with Gasteiger partial charge in [-0.2, -0.15) is 0 Å². The van der Waals surface area contributed by atoms with E-state index >= 15 is 0 Å². The van der Waals surface area contributed by atoms with Gasteiger partial charge in [-0.15, -0.1) is 0 Å². The average Bonchev–Trinajstić information content (AvgIpc) is 2.46. The monoisotopic (exact) mass is 284 g/mol. The highest BCUT2D eigenvalue weighted by molar-refractivity contribution is 5.96. The molecular weight excluding hydrogens is 268 g/mol. The molecule has 2 aromatic carbocycles. The molecule has 0 aliphatic carbocycles. The molecule has 0 saturated carbocycles. The first-order valence-corrected chi connectivity index (χ1v) is 6.57. The van der Waals surface area contributed by atoms with Gasteiger partial charge in [0.25, 0.3) is 11.6 Å². The van der Waals surface area contributed by atoms with E-state index in [-0.39, 0.29) is 11.6 Å². The van der Waals surface area contributed by atoms with Crippen molar-refractivity contribution in [1.29, 1.82) is 0 Å². The fourth-order valence-electron chi connectivity index (χ4n) is 2.15. The Kier molecular flexibility index (Phi) is 4.33. The van der Waals surface area contributed by atoms with Crippen LogP contribution in [0.25, 0.3) is 0 Å². The molecule has 0 aliphatic rings. The second-order valence-corrected chi connectivity index (χ2v) is 4.82. The van der Waals surface area contributed by atoms with Crippen LogP contribution in [-0.2, 0) is 6.54 Å². The first kappa shape index (κ1) is 14.7. The molecule has 108 valence electrons. The number of carbonyl (C=O) groups excluding carboxylic acids is 1. The fourth-order valence-corrected chi connectivity index (χ4v) is 2.15. The first-order valence-electron chi connectivity index (χ1n) is 6.57. The number of nitrogens with one attached hydrogen (secondary N) is 1. The lowest BCUT2D eigenvalue weighted by Gasteiger charge is -2.09. The Morgan fingerprint density at radius 3 is 2.52 bits per heavy atom. The Morgan fingerprint density at radius 2 is 1.86 bits per heavy atom. The maximum Gasteiger partial charge on any atom is 0.273 e. The summed E-state index contributed by atoms with van der Waals surface area (Å²) in [6, 6.07) is 12.3. The maximum atomic E-state index is 12.2. The molecular formula is C16H16N2O3. The van der Waals surface area contributed by atoms with Crippen LogP contribution in [0.2, 0.25) is 0 Å². The van der Waals surface area contributed by atoms with Crippen LogP contribution in [0.5, 0.6) is 0 Å². The van der Waals surface area contributed by atoms with E-state index in [1.165, 1.54) is 12.1 Å². The third-order valence-electron chi connectivity index (χ3n) is 3.45. The predicted octanol–water partition coefficient (Wildman–Crippen LogP) is 3.14. The number of benzene rings is 2. The molecule has 0 atom stereocenters. The second kappa shape index (κ2) is 6.17. The van der Waals surface area contributed by atoms with Crippen molar-refractivity contribution in [3.8, 4) is 0 Å². The number of carbonyl (C=O) groups is 1. The summed E-state index contributed by atoms with van der Waals surface area (Å²) in [6.07, 6.45) is 0. The standard InChI is InChI=1S/C16H16N2O3/c1-11-6-3-4-7-13(11)10-17-16(19)14-8-5-9-15(12(14)2)18(20)21/h3-9H,10H2,1-2H3,(H,17,19). The Hall–Kier alpha value is -2.69. The average molecular weight is 284 g/mol. The minimum Gasteiger partial charge on any atom is -0.348 e. The molecule has 0 aliphatic heterocycles. The predicted molar refractivity (Wildman–Crippen MR) is 80.2 cm³/mol. The van der Waals surface area contributed by atoms with Crippen LogP contribution in [0.15, 0.2) is 42.5 Å². The van der Waals surface area contributed by atoms with Gasteiger partial charge in [-0.3, -0.25) is 14.9 Å². The van der Waals surface area contributed by atoms with E-state index in [0.29, 0.717) is 17.7 Å². The summed E-state index contributed by atoms with van der Waals surface area (Å²) in [5.74, 6) is -0.306. The second-order valence-electron chi connectivity index (χ2n) is 4.82. The molecule has 0 aromatic heterocycles. The highest BCUT2D eigenvalue weighted by Gasteiger charge is 2.17. The van der Waals surface area contributed by atoms with E-state index in [1.807, 2.05) is 31.2 Å². The van der Waals surface area contributed by atoms with Gasteiger partial charge in [0.1, 0.15) is 0 Å². The number of nitrogens with zero attached hydrogens (tertiary/aromatic N) is 1. The number of hydrogen-bond acceptors (Lipinski definition) is 3. The minimum atomic E-state index is -0.479. The van der Waals surface area contributed by atoms with Gasteiger partial charge in [-0.05, 0) is 31.0 Å². The highest BCUT2D eigenvalue weighted by atomic mass is 16.6. The van der Waals surface area contributed by atoms with Crippen molar-refractivity contribution in [2.75, 3.05) is 0 Å². The molecule has 0 radical (unpaired) electrons. The fraction of sp³-hybridized carbons (Fsp3) is 0.188. The number of nitro benzene ring substituents is 1. The van der Waals surface area contributed by atoms with Crippen molar-refractivity contribution in [2.24, 2.45) is 0 Å². The Morgan fingerprint density at radius 1 is 1.14 bits per heavy atom. The van der Waals surface area contributed by atoms with Crippen molar-refractivity contribution in [3.05, 3.63) is 74.8 Å². The Bertz CT molecular complexity index is 696. The van der Waals surface area contributed by atoms with E-state index in [0.717, 1.165) is 11.1 Å². The lowest BCUT2D eigenvalue weighted by atomic mass is 10.1. The van der Waals surface area contributed by atoms with Gasteiger partial charge in [0.05, 0.1) is 4.92 Å². The van der Waals surface area contributed by atoms with E-state index in [4.69, 9.17) is 0 Å². The zero-order valence-electron chi connectivity index (χ0n) is 11.9. The summed E-state index contributed by atoms with van der Waals surface area (Å²) >= 11 is 0. The molecule has 0 fully saturated rings. The molecule has 0 spiro atoms. The summed E-state index contributed by atoms with van der Waals surface area (Å²) in [6.45, 7) is 3.95. The van der Waals surface area contributed by atoms with Gasteiger partial charge in [0, 0.05) is 23.7 Å². The highest BCUT2D eigenvalue weighted by Crippen LogP contribution is 2.21. The van der Waals surface area contributed by atoms with Gasteiger partial charge in [0.2, 0.25) is 0 Å². The summed E-state index contributed by atoms with van der Waals surface area (Å²) < 4.78 is 0. The third-order valence-corrected chi connectivity index (χ3v) is 3.45. The first-order chi connectivity index (χ1) is 10.0. The van der Waals surface area contributed by atoms with Crippen LogP contribution < -0.4 is 5.32 Å². The van der Waals surface area contributed by atoms with Crippen molar-refractivity contribution in [3.63, 3.8) is 0 Å². The van der Waals surface area contributed by atoms with E-state index in [2.05, 4.69) is 5.32 Å².